The van der Waals surface area contributed by atoms with Gasteiger partial charge in [-0.05, 0) is 61.7 Å². The maximum absolute atomic E-state index is 12.9. The molecule has 2 amide bonds. The molecule has 234 valence electrons. The summed E-state index contributed by atoms with van der Waals surface area (Å²) in [6, 6.07) is 12.1. The number of aromatic nitrogens is 2. The first-order chi connectivity index (χ1) is 20.7. The molecule has 11 heteroatoms. The van der Waals surface area contributed by atoms with Crippen LogP contribution in [0.2, 0.25) is 18.1 Å². The Labute approximate surface area is 255 Å². The summed E-state index contributed by atoms with van der Waals surface area (Å²) in [5.74, 6) is 0.524. The van der Waals surface area contributed by atoms with Crippen LogP contribution in [0.5, 0.6) is 5.75 Å². The summed E-state index contributed by atoms with van der Waals surface area (Å²) >= 11 is 0. The number of H-pyrrole nitrogens is 1. The van der Waals surface area contributed by atoms with Crippen LogP contribution in [0.1, 0.15) is 51.8 Å². The molecule has 3 atom stereocenters. The molecule has 1 aliphatic heterocycles. The molecule has 1 fully saturated rings. The molecule has 3 heterocycles. The molecule has 1 aliphatic rings. The summed E-state index contributed by atoms with van der Waals surface area (Å²) in [5, 5.41) is 11.3. The number of aromatic amines is 1. The van der Waals surface area contributed by atoms with E-state index in [1.807, 2.05) is 43.5 Å². The quantitative estimate of drug-likeness (QED) is 0.220. The Morgan fingerprint density at radius 3 is 2.47 bits per heavy atom. The number of nitrogens with zero attached hydrogens (tertiary/aromatic N) is 3. The zero-order chi connectivity index (χ0) is 31.0. The number of morpholine rings is 1. The summed E-state index contributed by atoms with van der Waals surface area (Å²) in [6.45, 7) is 12.7. The van der Waals surface area contributed by atoms with Crippen molar-refractivity contribution < 1.29 is 28.6 Å². The molecule has 0 unspecified atom stereocenters. The third kappa shape index (κ3) is 7.57. The van der Waals surface area contributed by atoms with E-state index >= 15 is 0 Å². The van der Waals surface area contributed by atoms with E-state index in [1.54, 1.807) is 24.2 Å². The number of rotatable bonds is 14. The first-order valence-electron chi connectivity index (χ1n) is 15.4. The smallest absolute Gasteiger partial charge is 0.407 e. The second-order valence-electron chi connectivity index (χ2n) is 11.2. The summed E-state index contributed by atoms with van der Waals surface area (Å²) in [7, 11) is -2.06. The lowest BCUT2D eigenvalue weighted by molar-refractivity contribution is -0.142. The second-order valence-corrected chi connectivity index (χ2v) is 15.9. The predicted octanol–water partition coefficient (Wildman–Crippen LogP) is 5.86. The summed E-state index contributed by atoms with van der Waals surface area (Å²) in [4.78, 5) is 36.4. The van der Waals surface area contributed by atoms with Gasteiger partial charge < -0.3 is 33.8 Å². The highest BCUT2D eigenvalue weighted by Gasteiger charge is 2.37. The van der Waals surface area contributed by atoms with E-state index in [1.165, 1.54) is 4.90 Å². The molecule has 3 aromatic rings. The van der Waals surface area contributed by atoms with Crippen molar-refractivity contribution in [1.82, 2.24) is 19.8 Å². The van der Waals surface area contributed by atoms with Gasteiger partial charge in [0.05, 0.1) is 30.9 Å². The van der Waals surface area contributed by atoms with Gasteiger partial charge in [-0.3, -0.25) is 9.78 Å². The molecule has 1 aromatic carbocycles. The Morgan fingerprint density at radius 1 is 1.12 bits per heavy atom. The number of carbonyl (C=O) groups excluding carboxylic acids is 1. The minimum Gasteiger partial charge on any atom is -0.479 e. The Morgan fingerprint density at radius 2 is 1.84 bits per heavy atom. The molecule has 43 heavy (non-hydrogen) atoms. The van der Waals surface area contributed by atoms with Crippen LogP contribution in [-0.2, 0) is 20.4 Å². The van der Waals surface area contributed by atoms with Crippen molar-refractivity contribution in [1.29, 1.82) is 0 Å². The van der Waals surface area contributed by atoms with Crippen molar-refractivity contribution >= 4 is 31.2 Å². The highest BCUT2D eigenvalue weighted by Crippen LogP contribution is 2.34. The third-order valence-electron chi connectivity index (χ3n) is 8.86. The van der Waals surface area contributed by atoms with E-state index in [0.717, 1.165) is 40.2 Å². The molecule has 0 bridgehead atoms. The standard InChI is InChI=1S/C32H46N4O6Si/c1-6-43(7-2,8-3)42-30(26-11-10-15-33-21-26)23(4)36(32(38)39)16-14-25-22-34-29-27(25)12-9-13-28(29)41-24(5)31(37)35-17-19-40-20-18-35/h9-13,15,21-24,30,34H,6-8,14,16-20H2,1-5H3,(H,38,39)/t23-,24-,30+/m1/s1. The van der Waals surface area contributed by atoms with Gasteiger partial charge in [-0.25, -0.2) is 4.79 Å². The molecular formula is C32H46N4O6Si. The molecule has 0 aliphatic carbocycles. The van der Waals surface area contributed by atoms with Crippen LogP contribution in [0.15, 0.2) is 48.9 Å². The fourth-order valence-electron chi connectivity index (χ4n) is 5.91. The van der Waals surface area contributed by atoms with E-state index < -0.39 is 32.7 Å². The van der Waals surface area contributed by atoms with Crippen LogP contribution < -0.4 is 4.74 Å². The molecule has 1 saturated heterocycles. The number of carboxylic acid groups (broad SMARTS) is 1. The van der Waals surface area contributed by atoms with Gasteiger partial charge in [-0.15, -0.1) is 0 Å². The maximum atomic E-state index is 12.9. The fraction of sp³-hybridized carbons (Fsp3) is 0.531. The number of hydrogen-bond donors (Lipinski definition) is 2. The van der Waals surface area contributed by atoms with Gasteiger partial charge in [0.2, 0.25) is 0 Å². The van der Waals surface area contributed by atoms with Crippen molar-refractivity contribution in [3.8, 4) is 5.75 Å². The Hall–Kier alpha value is -3.41. The number of benzene rings is 1. The highest BCUT2D eigenvalue weighted by molar-refractivity contribution is 6.73. The number of carbonyl (C=O) groups is 2. The van der Waals surface area contributed by atoms with E-state index in [4.69, 9.17) is 13.9 Å². The van der Waals surface area contributed by atoms with Crippen molar-refractivity contribution in [3.63, 3.8) is 0 Å². The lowest BCUT2D eigenvalue weighted by Gasteiger charge is -2.39. The Balaban J connectivity index is 1.52. The van der Waals surface area contributed by atoms with Crippen LogP contribution in [0.25, 0.3) is 10.9 Å². The number of fused-ring (bicyclic) bond motifs is 1. The van der Waals surface area contributed by atoms with Crippen LogP contribution >= 0.6 is 0 Å². The van der Waals surface area contributed by atoms with Crippen molar-refractivity contribution in [2.24, 2.45) is 0 Å². The largest absolute Gasteiger partial charge is 0.479 e. The molecular weight excluding hydrogens is 564 g/mol. The monoisotopic (exact) mass is 610 g/mol. The number of hydrogen-bond acceptors (Lipinski definition) is 6. The average molecular weight is 611 g/mol. The van der Waals surface area contributed by atoms with Crippen molar-refractivity contribution in [2.75, 3.05) is 32.8 Å². The van der Waals surface area contributed by atoms with Crippen LogP contribution in [0, 0.1) is 0 Å². The van der Waals surface area contributed by atoms with E-state index in [2.05, 4.69) is 30.7 Å². The van der Waals surface area contributed by atoms with Gasteiger partial charge in [0.1, 0.15) is 5.75 Å². The number of para-hydroxylation sites is 1. The molecule has 4 rings (SSSR count). The van der Waals surface area contributed by atoms with Gasteiger partial charge in [0.25, 0.3) is 5.91 Å². The number of ether oxygens (including phenoxy) is 2. The van der Waals surface area contributed by atoms with Gasteiger partial charge in [0, 0.05) is 43.6 Å². The van der Waals surface area contributed by atoms with Gasteiger partial charge >= 0.3 is 6.09 Å². The average Bonchev–Trinajstić information content (AvgIpc) is 3.46. The van der Waals surface area contributed by atoms with Gasteiger partial charge in [0.15, 0.2) is 14.4 Å². The van der Waals surface area contributed by atoms with Crippen LogP contribution in [0.3, 0.4) is 0 Å². The molecule has 0 radical (unpaired) electrons. The lowest BCUT2D eigenvalue weighted by atomic mass is 10.0. The molecule has 10 nitrogen and oxygen atoms in total. The van der Waals surface area contributed by atoms with Crippen LogP contribution in [0.4, 0.5) is 4.79 Å². The van der Waals surface area contributed by atoms with Gasteiger partial charge in [-0.1, -0.05) is 39.0 Å². The van der Waals surface area contributed by atoms with E-state index in [0.29, 0.717) is 45.0 Å². The fourth-order valence-corrected chi connectivity index (χ4v) is 8.78. The summed E-state index contributed by atoms with van der Waals surface area (Å²) < 4.78 is 18.4. The third-order valence-corrected chi connectivity index (χ3v) is 13.5. The highest BCUT2D eigenvalue weighted by atomic mass is 28.4. The lowest BCUT2D eigenvalue weighted by Crippen LogP contribution is -2.47. The molecule has 0 spiro atoms. The van der Waals surface area contributed by atoms with Crippen molar-refractivity contribution in [3.05, 3.63) is 60.0 Å². The predicted molar refractivity (Wildman–Crippen MR) is 169 cm³/mol. The molecule has 2 aromatic heterocycles. The number of pyridine rings is 1. The van der Waals surface area contributed by atoms with Crippen LogP contribution in [-0.4, -0.2) is 90.2 Å². The summed E-state index contributed by atoms with van der Waals surface area (Å²) in [6.07, 6.45) is 3.86. The minimum atomic E-state index is -2.06. The first-order valence-corrected chi connectivity index (χ1v) is 18.0. The normalized spacial score (nSPS) is 16.1. The first kappa shape index (κ1) is 32.5. The van der Waals surface area contributed by atoms with E-state index in [9.17, 15) is 14.7 Å². The Kier molecular flexibility index (Phi) is 11.2. The zero-order valence-corrected chi connectivity index (χ0v) is 27.0. The topological polar surface area (TPSA) is 117 Å². The summed E-state index contributed by atoms with van der Waals surface area (Å²) in [5.41, 5.74) is 2.66. The van der Waals surface area contributed by atoms with Gasteiger partial charge in [-0.2, -0.15) is 0 Å². The molecule has 0 saturated carbocycles. The second kappa shape index (κ2) is 14.9. The van der Waals surface area contributed by atoms with Crippen molar-refractivity contribution in [2.45, 2.75) is 77.4 Å². The SMILES string of the molecule is CC[Si](CC)(CC)O[C@H](c1cccnc1)[C@@H](C)N(CCc1c[nH]c2c(O[C@H](C)C(=O)N3CCOCC3)cccc12)C(=O)O. The van der Waals surface area contributed by atoms with E-state index in [-0.39, 0.29) is 5.91 Å². The zero-order valence-electron chi connectivity index (χ0n) is 26.0. The minimum absolute atomic E-state index is 0.0649. The molecule has 2 N–H and O–H groups in total. The number of amides is 2. The number of nitrogens with one attached hydrogen (secondary N) is 1. The maximum Gasteiger partial charge on any atom is 0.407 e. The Bertz CT molecular complexity index is 1330.